The largest absolute Gasteiger partial charge is 1.00 e. The number of thiazole rings is 1. The normalized spacial score (nSPS) is 19.4. The van der Waals surface area contributed by atoms with Crippen LogP contribution in [0.25, 0.3) is 6.08 Å². The van der Waals surface area contributed by atoms with Gasteiger partial charge in [-0.15, -0.1) is 11.8 Å². The molecule has 2 atom stereocenters. The summed E-state index contributed by atoms with van der Waals surface area (Å²) in [4.78, 5) is 42.2. The smallest absolute Gasteiger partial charge is 0.543 e. The number of carboxylic acids is 1. The number of nitrogen functional groups attached to an aromatic ring is 1. The number of halogens is 2. The summed E-state index contributed by atoms with van der Waals surface area (Å²) < 4.78 is 22.2. The van der Waals surface area contributed by atoms with Gasteiger partial charge in [0.25, 0.3) is 17.7 Å². The van der Waals surface area contributed by atoms with E-state index in [4.69, 9.17) is 26.6 Å². The molecule has 2 amide bonds. The fraction of sp³-hybridized carbons (Fsp3) is 0.263. The first kappa shape index (κ1) is 28.9. The number of carboxylic acid groups (broad SMARTS) is 1. The molecule has 0 unspecified atom stereocenters. The van der Waals surface area contributed by atoms with Gasteiger partial charge in [-0.3, -0.25) is 14.5 Å². The zero-order valence-corrected chi connectivity index (χ0v) is 23.2. The first-order valence-corrected chi connectivity index (χ1v) is 12.2. The molecular formula is C19H15ClFN6NaO7S2. The van der Waals surface area contributed by atoms with Crippen LogP contribution in [-0.2, 0) is 14.4 Å². The van der Waals surface area contributed by atoms with E-state index >= 15 is 0 Å². The van der Waals surface area contributed by atoms with Crippen molar-refractivity contribution < 1.29 is 67.9 Å². The Labute approximate surface area is 242 Å². The summed E-state index contributed by atoms with van der Waals surface area (Å²) in [5.74, 6) is -2.85. The Morgan fingerprint density at radius 1 is 1.49 bits per heavy atom. The number of fused-ring (bicyclic) bond motifs is 1. The van der Waals surface area contributed by atoms with E-state index in [1.54, 1.807) is 0 Å². The summed E-state index contributed by atoms with van der Waals surface area (Å²) in [5, 5.41) is 29.4. The van der Waals surface area contributed by atoms with Gasteiger partial charge in [0.05, 0.1) is 11.7 Å². The molecule has 37 heavy (non-hydrogen) atoms. The number of hydrogen-bond acceptors (Lipinski definition) is 13. The van der Waals surface area contributed by atoms with Gasteiger partial charge in [-0.05, 0) is 16.8 Å². The number of rotatable bonds is 9. The second kappa shape index (κ2) is 12.3. The molecule has 0 radical (unpaired) electrons. The third kappa shape index (κ3) is 5.94. The van der Waals surface area contributed by atoms with Gasteiger partial charge >= 0.3 is 29.6 Å². The number of carbonyl (C=O) groups is 3. The number of ether oxygens (including phenoxy) is 1. The number of nitrogens with zero attached hydrogens (tertiary/aromatic N) is 4. The van der Waals surface area contributed by atoms with Crippen LogP contribution in [0.4, 0.5) is 9.52 Å². The summed E-state index contributed by atoms with van der Waals surface area (Å²) in [6.07, 6.45) is 2.82. The van der Waals surface area contributed by atoms with Crippen LogP contribution < -0.4 is 50.5 Å². The van der Waals surface area contributed by atoms with Crippen LogP contribution in [0.5, 0.6) is 5.88 Å². The van der Waals surface area contributed by atoms with Crippen molar-refractivity contribution >= 4 is 69.4 Å². The van der Waals surface area contributed by atoms with Gasteiger partial charge in [0.2, 0.25) is 0 Å². The van der Waals surface area contributed by atoms with Crippen LogP contribution in [0.1, 0.15) is 11.5 Å². The van der Waals surface area contributed by atoms with Crippen molar-refractivity contribution in [2.75, 3.05) is 24.8 Å². The van der Waals surface area contributed by atoms with Gasteiger partial charge in [-0.1, -0.05) is 34.2 Å². The van der Waals surface area contributed by atoms with Crippen molar-refractivity contribution in [3.8, 4) is 5.88 Å². The van der Waals surface area contributed by atoms with Gasteiger partial charge < -0.3 is 35.4 Å². The molecule has 0 spiro atoms. The number of alkyl halides is 1. The van der Waals surface area contributed by atoms with Crippen molar-refractivity contribution in [3.05, 3.63) is 39.2 Å². The van der Waals surface area contributed by atoms with Crippen LogP contribution in [0.3, 0.4) is 0 Å². The van der Waals surface area contributed by atoms with Crippen molar-refractivity contribution in [3.63, 3.8) is 0 Å². The number of aliphatic carboxylic acids is 1. The third-order valence-corrected chi connectivity index (χ3v) is 7.29. The van der Waals surface area contributed by atoms with Crippen LogP contribution in [0.15, 0.2) is 33.1 Å². The summed E-state index contributed by atoms with van der Waals surface area (Å²) in [7, 11) is 0. The molecule has 13 nitrogen and oxygen atoms in total. The number of aromatic nitrogens is 2. The maximum atomic E-state index is 12.8. The minimum Gasteiger partial charge on any atom is -0.543 e. The van der Waals surface area contributed by atoms with E-state index in [9.17, 15) is 29.1 Å². The summed E-state index contributed by atoms with van der Waals surface area (Å²) in [5.41, 5.74) is 4.71. The maximum Gasteiger partial charge on any atom is 1.00 e. The predicted octanol–water partition coefficient (Wildman–Crippen LogP) is -2.99. The predicted molar refractivity (Wildman–Crippen MR) is 124 cm³/mol. The minimum atomic E-state index is -1.59. The monoisotopic (exact) mass is 580 g/mol. The molecule has 0 saturated carbocycles. The molecule has 1 saturated heterocycles. The van der Waals surface area contributed by atoms with E-state index in [2.05, 4.69) is 20.6 Å². The Morgan fingerprint density at radius 2 is 2.24 bits per heavy atom. The van der Waals surface area contributed by atoms with Gasteiger partial charge in [0.15, 0.2) is 16.6 Å². The average molecular weight is 581 g/mol. The number of amides is 2. The van der Waals surface area contributed by atoms with Gasteiger partial charge in [-0.2, -0.15) is 0 Å². The number of allylic oxidation sites excluding steroid dienone is 1. The standard InChI is InChI=1S/C19H16ClFN6O7S2.Na/c20-14-10(24-19(22)36-14)11(25-32)15(28)23-12-16(29)27-13(18(30)31)7(6-35-17(12)27)1-2-8-5-9(26-34-8)33-4-3-21;/h1-2,5,12,17,32H,3-4,6H2,(H2,22,24)(H,23,28)(H,30,31);/q;+1/p-1/b2-1-,25-11-;/t12-,17-;/m1./s1. The zero-order valence-electron chi connectivity index (χ0n) is 18.8. The number of hydrogen-bond donors (Lipinski definition) is 3. The van der Waals surface area contributed by atoms with Crippen molar-refractivity contribution in [1.29, 1.82) is 0 Å². The Kier molecular flexibility index (Phi) is 9.60. The molecule has 2 aromatic rings. The number of anilines is 1. The van der Waals surface area contributed by atoms with E-state index in [1.165, 1.54) is 30.0 Å². The fourth-order valence-electron chi connectivity index (χ4n) is 3.38. The van der Waals surface area contributed by atoms with Crippen molar-refractivity contribution in [1.82, 2.24) is 20.4 Å². The summed E-state index contributed by atoms with van der Waals surface area (Å²) in [6, 6.07) is 0.269. The molecule has 2 aliphatic heterocycles. The molecule has 2 aliphatic rings. The molecule has 1 fully saturated rings. The maximum absolute atomic E-state index is 12.8. The van der Waals surface area contributed by atoms with Gasteiger partial charge in [0, 0.05) is 11.8 Å². The molecule has 4 N–H and O–H groups in total. The Hall–Kier alpha value is -2.63. The van der Waals surface area contributed by atoms with E-state index in [-0.39, 0.29) is 80.0 Å². The quantitative estimate of drug-likeness (QED) is 0.0899. The Balaban J connectivity index is 0.00000380. The zero-order chi connectivity index (χ0) is 26.0. The number of carbonyl (C=O) groups excluding carboxylic acids is 3. The van der Waals surface area contributed by atoms with E-state index in [0.29, 0.717) is 0 Å². The molecule has 0 aliphatic carbocycles. The van der Waals surface area contributed by atoms with Crippen LogP contribution >= 0.6 is 34.7 Å². The van der Waals surface area contributed by atoms with Gasteiger partial charge in [-0.25, -0.2) is 9.37 Å². The number of nitrogens with two attached hydrogens (primary N) is 1. The molecule has 4 rings (SSSR count). The average Bonchev–Trinajstić information content (AvgIpc) is 3.44. The van der Waals surface area contributed by atoms with E-state index < -0.39 is 41.6 Å². The molecule has 2 aromatic heterocycles. The van der Waals surface area contributed by atoms with E-state index in [0.717, 1.165) is 16.2 Å². The van der Waals surface area contributed by atoms with Crippen molar-refractivity contribution in [2.24, 2.45) is 5.16 Å². The van der Waals surface area contributed by atoms with Gasteiger partial charge in [0.1, 0.15) is 34.7 Å². The fourth-order valence-corrected chi connectivity index (χ4v) is 5.62. The molecule has 0 bridgehead atoms. The molecule has 18 heteroatoms. The molecule has 0 aromatic carbocycles. The van der Waals surface area contributed by atoms with Crippen molar-refractivity contribution in [2.45, 2.75) is 11.4 Å². The number of nitrogens with one attached hydrogen (secondary N) is 1. The third-order valence-electron chi connectivity index (χ3n) is 4.90. The molecule has 190 valence electrons. The topological polar surface area (TPSA) is 196 Å². The van der Waals surface area contributed by atoms with Crippen LogP contribution in [0, 0.1) is 0 Å². The second-order valence-electron chi connectivity index (χ2n) is 7.08. The number of thioether (sulfide) groups is 1. The summed E-state index contributed by atoms with van der Waals surface area (Å²) >= 11 is 8.01. The molecule has 4 heterocycles. The Bertz CT molecular complexity index is 1320. The van der Waals surface area contributed by atoms with Crippen LogP contribution in [0.2, 0.25) is 4.34 Å². The minimum absolute atomic E-state index is 0. The van der Waals surface area contributed by atoms with Crippen LogP contribution in [-0.4, -0.2) is 74.2 Å². The van der Waals surface area contributed by atoms with E-state index in [1.807, 2.05) is 0 Å². The SMILES string of the molecule is Nc1nc(/C(=N/O)C(=O)N[C@@H]2C(=O)N3C(C(=O)[O-])=C(/C=C\c4cc(OCCF)no4)CS[C@H]23)c(Cl)s1.[Na+]. The number of β-lactam (4-membered cyclic amide) rings is 1. The summed E-state index contributed by atoms with van der Waals surface area (Å²) in [6.45, 7) is -0.899. The Morgan fingerprint density at radius 3 is 2.86 bits per heavy atom. The second-order valence-corrected chi connectivity index (χ2v) is 9.82. The number of oxime groups is 1. The first-order valence-electron chi connectivity index (χ1n) is 9.93. The molecular weight excluding hydrogens is 566 g/mol. The first-order chi connectivity index (χ1) is 17.2.